The van der Waals surface area contributed by atoms with Crippen molar-refractivity contribution in [1.29, 1.82) is 0 Å². The Hall–Kier alpha value is -0.331. The summed E-state index contributed by atoms with van der Waals surface area (Å²) in [6.45, 7) is 4.10. The van der Waals surface area contributed by atoms with Crippen molar-refractivity contribution >= 4 is 14.5 Å². The van der Waals surface area contributed by atoms with Gasteiger partial charge in [-0.1, -0.05) is 0 Å². The van der Waals surface area contributed by atoms with Gasteiger partial charge in [0.1, 0.15) is 0 Å². The molecule has 0 aliphatic heterocycles. The average Bonchev–Trinajstić information content (AvgIpc) is 1.59. The van der Waals surface area contributed by atoms with Gasteiger partial charge in [-0.05, 0) is 0 Å². The summed E-state index contributed by atoms with van der Waals surface area (Å²) in [4.78, 5) is 9.02. The SMILES string of the molecule is Cc1cc(=[OH+])cc(C)[se]1. The van der Waals surface area contributed by atoms with Gasteiger partial charge in [-0.3, -0.25) is 0 Å². The molecule has 0 atom stereocenters. The Kier molecular flexibility index (Phi) is 1.89. The number of rotatable bonds is 0. The second kappa shape index (κ2) is 2.51. The zero-order valence-electron chi connectivity index (χ0n) is 5.51. The van der Waals surface area contributed by atoms with E-state index in [1.165, 1.54) is 8.87 Å². The molecule has 0 fully saturated rings. The van der Waals surface area contributed by atoms with Crippen LogP contribution in [-0.2, 0) is 0 Å². The minimum absolute atomic E-state index is 0.401. The van der Waals surface area contributed by atoms with Crippen molar-refractivity contribution in [1.82, 2.24) is 0 Å². The molecule has 0 unspecified atom stereocenters. The van der Waals surface area contributed by atoms with E-state index in [9.17, 15) is 0 Å². The van der Waals surface area contributed by atoms with Gasteiger partial charge in [-0.25, -0.2) is 0 Å². The second-order valence-corrected chi connectivity index (χ2v) is 5.17. The van der Waals surface area contributed by atoms with Gasteiger partial charge in [-0.2, -0.15) is 0 Å². The Balaban J connectivity index is 3.33. The predicted molar refractivity (Wildman–Crippen MR) is 37.9 cm³/mol. The van der Waals surface area contributed by atoms with E-state index in [4.69, 9.17) is 4.79 Å². The molecular formula is C7H9OSe+. The summed E-state index contributed by atoms with van der Waals surface area (Å²) in [7, 11) is 0. The van der Waals surface area contributed by atoms with Crippen molar-refractivity contribution < 1.29 is 4.79 Å². The molecule has 0 aliphatic rings. The van der Waals surface area contributed by atoms with Crippen LogP contribution >= 0.6 is 0 Å². The molecule has 0 saturated carbocycles. The molecule has 0 spiro atoms. The third-order valence-electron chi connectivity index (χ3n) is 1.02. The fraction of sp³-hybridized carbons (Fsp3) is 0.286. The Morgan fingerprint density at radius 1 is 1.22 bits per heavy atom. The van der Waals surface area contributed by atoms with Crippen LogP contribution in [0.3, 0.4) is 0 Å². The Bertz CT molecular complexity index is 239. The fourth-order valence-corrected chi connectivity index (χ4v) is 2.59. The van der Waals surface area contributed by atoms with Gasteiger partial charge in [-0.15, -0.1) is 0 Å². The first kappa shape index (κ1) is 6.78. The summed E-state index contributed by atoms with van der Waals surface area (Å²) in [5, 5.41) is 0. The summed E-state index contributed by atoms with van der Waals surface area (Å²) in [6, 6.07) is 3.65. The van der Waals surface area contributed by atoms with Gasteiger partial charge in [0.05, 0.1) is 0 Å². The molecule has 0 bridgehead atoms. The molecule has 1 nitrogen and oxygen atoms in total. The first-order chi connectivity index (χ1) is 4.18. The molecule has 9 heavy (non-hydrogen) atoms. The molecule has 0 aromatic carbocycles. The van der Waals surface area contributed by atoms with Crippen LogP contribution in [-0.4, -0.2) is 19.3 Å². The van der Waals surface area contributed by atoms with Crippen molar-refractivity contribution in [3.05, 3.63) is 26.4 Å². The normalized spacial score (nSPS) is 9.56. The molecular weight excluding hydrogens is 179 g/mol. The fourth-order valence-electron chi connectivity index (χ4n) is 0.771. The van der Waals surface area contributed by atoms with Gasteiger partial charge in [0.2, 0.25) is 0 Å². The summed E-state index contributed by atoms with van der Waals surface area (Å²) in [5.74, 6) is 0. The van der Waals surface area contributed by atoms with E-state index < -0.39 is 0 Å². The number of hydrogen-bond acceptors (Lipinski definition) is 0. The maximum absolute atomic E-state index is 9.02. The van der Waals surface area contributed by atoms with Gasteiger partial charge >= 0.3 is 59.6 Å². The summed E-state index contributed by atoms with van der Waals surface area (Å²) in [6.07, 6.45) is 0. The van der Waals surface area contributed by atoms with Crippen molar-refractivity contribution in [3.8, 4) is 0 Å². The van der Waals surface area contributed by atoms with Crippen molar-refractivity contribution in [2.75, 3.05) is 0 Å². The summed E-state index contributed by atoms with van der Waals surface area (Å²) < 4.78 is 2.58. The van der Waals surface area contributed by atoms with E-state index in [1.807, 2.05) is 26.0 Å². The summed E-state index contributed by atoms with van der Waals surface area (Å²) >= 11 is 0.492. The van der Waals surface area contributed by atoms with Crippen LogP contribution in [0.1, 0.15) is 8.87 Å². The molecule has 1 aromatic heterocycles. The molecule has 2 heteroatoms. The van der Waals surface area contributed by atoms with Crippen LogP contribution in [0.25, 0.3) is 0 Å². The minimum atomic E-state index is 0.401. The van der Waals surface area contributed by atoms with Crippen LogP contribution in [0.5, 0.6) is 0 Å². The Morgan fingerprint density at radius 2 is 1.67 bits per heavy atom. The van der Waals surface area contributed by atoms with Crippen molar-refractivity contribution in [3.63, 3.8) is 0 Å². The molecule has 1 rings (SSSR count). The van der Waals surface area contributed by atoms with Gasteiger partial charge < -0.3 is 0 Å². The third-order valence-corrected chi connectivity index (χ3v) is 2.87. The molecule has 1 heterocycles. The van der Waals surface area contributed by atoms with Crippen LogP contribution in [0.2, 0.25) is 0 Å². The number of hydrogen-bond donors (Lipinski definition) is 0. The molecule has 0 radical (unpaired) electrons. The molecule has 1 aromatic rings. The summed E-state index contributed by atoms with van der Waals surface area (Å²) in [5.41, 5.74) is 0.401. The van der Waals surface area contributed by atoms with E-state index >= 15 is 0 Å². The van der Waals surface area contributed by atoms with Crippen LogP contribution in [0, 0.1) is 13.8 Å². The van der Waals surface area contributed by atoms with Crippen molar-refractivity contribution in [2.45, 2.75) is 13.8 Å². The average molecular weight is 188 g/mol. The molecule has 0 aliphatic carbocycles. The first-order valence-corrected chi connectivity index (χ1v) is 4.50. The topological polar surface area (TPSA) is 21.4 Å². The molecule has 0 amide bonds. The van der Waals surface area contributed by atoms with Gasteiger partial charge in [0, 0.05) is 0 Å². The van der Waals surface area contributed by atoms with Crippen molar-refractivity contribution in [2.24, 2.45) is 0 Å². The maximum atomic E-state index is 9.02. The molecule has 1 N–H and O–H groups in total. The standard InChI is InChI=1S/C7H8OSe/c1-5-3-7(8)4-6(2)9-5/h3-4H,1-2H3/p+1. The zero-order chi connectivity index (χ0) is 6.85. The zero-order valence-corrected chi connectivity index (χ0v) is 7.22. The predicted octanol–water partition coefficient (Wildman–Crippen LogP) is 0.365. The second-order valence-electron chi connectivity index (χ2n) is 2.04. The van der Waals surface area contributed by atoms with Crippen LogP contribution in [0.4, 0.5) is 0 Å². The van der Waals surface area contributed by atoms with Crippen LogP contribution in [0.15, 0.2) is 12.1 Å². The van der Waals surface area contributed by atoms with Gasteiger partial charge in [0.15, 0.2) is 0 Å². The quantitative estimate of drug-likeness (QED) is 0.414. The van der Waals surface area contributed by atoms with E-state index in [0.29, 0.717) is 19.9 Å². The Labute approximate surface area is 60.1 Å². The van der Waals surface area contributed by atoms with E-state index in [1.54, 1.807) is 0 Å². The molecule has 48 valence electrons. The third kappa shape index (κ3) is 1.81. The van der Waals surface area contributed by atoms with Crippen LogP contribution < -0.4 is 5.43 Å². The van der Waals surface area contributed by atoms with Gasteiger partial charge in [0.25, 0.3) is 0 Å². The van der Waals surface area contributed by atoms with E-state index in [0.717, 1.165) is 0 Å². The van der Waals surface area contributed by atoms with E-state index in [-0.39, 0.29) is 0 Å². The monoisotopic (exact) mass is 189 g/mol. The first-order valence-electron chi connectivity index (χ1n) is 2.79. The van der Waals surface area contributed by atoms with E-state index in [2.05, 4.69) is 0 Å². The molecule has 0 saturated heterocycles. The number of aryl methyl sites for hydroxylation is 2. The Morgan fingerprint density at radius 3 is 2.00 bits per heavy atom.